The second kappa shape index (κ2) is 5.79. The summed E-state index contributed by atoms with van der Waals surface area (Å²) in [4.78, 5) is 15.5. The van der Waals surface area contributed by atoms with Gasteiger partial charge in [-0.3, -0.25) is 9.78 Å². The maximum absolute atomic E-state index is 11.3. The molecule has 3 aromatic rings. The lowest BCUT2D eigenvalue weighted by Gasteiger charge is -2.03. The molecule has 0 atom stereocenters. The number of aromatic nitrogens is 3. The van der Waals surface area contributed by atoms with Gasteiger partial charge in [-0.25, -0.2) is 4.68 Å². The molecule has 0 bridgehead atoms. The van der Waals surface area contributed by atoms with Crippen molar-refractivity contribution in [1.29, 1.82) is 0 Å². The number of carbonyl (C=O) groups is 1. The summed E-state index contributed by atoms with van der Waals surface area (Å²) in [6.07, 6.45) is 4.07. The Morgan fingerprint density at radius 3 is 2.67 bits per heavy atom. The lowest BCUT2D eigenvalue weighted by atomic mass is 10.2. The van der Waals surface area contributed by atoms with Crippen LogP contribution >= 0.6 is 27.5 Å². The van der Waals surface area contributed by atoms with Crippen LogP contribution in [0.4, 0.5) is 0 Å². The summed E-state index contributed by atoms with van der Waals surface area (Å²) >= 11 is 9.49. The number of aldehydes is 1. The van der Waals surface area contributed by atoms with Crippen LogP contribution in [0.2, 0.25) is 5.02 Å². The smallest absolute Gasteiger partial charge is 0.153 e. The van der Waals surface area contributed by atoms with E-state index in [0.29, 0.717) is 27.7 Å². The third-order valence-electron chi connectivity index (χ3n) is 2.94. The predicted octanol–water partition coefficient (Wildman–Crippen LogP) is 4.16. The zero-order chi connectivity index (χ0) is 14.8. The van der Waals surface area contributed by atoms with Gasteiger partial charge >= 0.3 is 0 Å². The van der Waals surface area contributed by atoms with E-state index in [1.54, 1.807) is 29.2 Å². The van der Waals surface area contributed by atoms with Gasteiger partial charge in [0.15, 0.2) is 6.29 Å². The normalized spacial score (nSPS) is 10.6. The van der Waals surface area contributed by atoms with Gasteiger partial charge in [-0.15, -0.1) is 0 Å². The number of benzene rings is 1. The lowest BCUT2D eigenvalue weighted by Crippen LogP contribution is -1.96. The van der Waals surface area contributed by atoms with E-state index >= 15 is 0 Å². The molecule has 0 aliphatic heterocycles. The molecule has 0 radical (unpaired) electrons. The van der Waals surface area contributed by atoms with Crippen molar-refractivity contribution in [3.8, 4) is 17.1 Å². The fraction of sp³-hybridized carbons (Fsp3) is 0. The Kier molecular flexibility index (Phi) is 3.86. The van der Waals surface area contributed by atoms with Crippen molar-refractivity contribution in [3.05, 3.63) is 63.9 Å². The summed E-state index contributed by atoms with van der Waals surface area (Å²) in [5.74, 6) is 0. The van der Waals surface area contributed by atoms with Crippen LogP contribution in [0.1, 0.15) is 10.4 Å². The Balaban J connectivity index is 2.13. The number of halogens is 2. The third-order valence-corrected chi connectivity index (χ3v) is 3.73. The molecular formula is C15H9BrClN3O. The van der Waals surface area contributed by atoms with Crippen LogP contribution in [0.3, 0.4) is 0 Å². The molecule has 0 aliphatic carbocycles. The van der Waals surface area contributed by atoms with E-state index in [-0.39, 0.29) is 0 Å². The molecule has 0 fully saturated rings. The molecule has 0 saturated carbocycles. The second-order valence-corrected chi connectivity index (χ2v) is 5.63. The Morgan fingerprint density at radius 1 is 1.19 bits per heavy atom. The van der Waals surface area contributed by atoms with Crippen molar-refractivity contribution >= 4 is 33.8 Å². The number of hydrogen-bond donors (Lipinski definition) is 0. The highest BCUT2D eigenvalue weighted by Crippen LogP contribution is 2.25. The standard InChI is InChI=1S/C15H9BrClN3O/c16-11-5-6-13(18-7-11)15-10(9-21)8-20(19-15)14-4-2-1-3-12(14)17/h1-9H. The van der Waals surface area contributed by atoms with Crippen molar-refractivity contribution in [2.75, 3.05) is 0 Å². The first kappa shape index (κ1) is 14.0. The van der Waals surface area contributed by atoms with Gasteiger partial charge in [-0.05, 0) is 40.2 Å². The number of carbonyl (C=O) groups excluding carboxylic acids is 1. The van der Waals surface area contributed by atoms with Gasteiger partial charge in [0.25, 0.3) is 0 Å². The number of rotatable bonds is 3. The van der Waals surface area contributed by atoms with E-state index in [4.69, 9.17) is 11.6 Å². The summed E-state index contributed by atoms with van der Waals surface area (Å²) in [6.45, 7) is 0. The van der Waals surface area contributed by atoms with Crippen molar-refractivity contribution < 1.29 is 4.79 Å². The van der Waals surface area contributed by atoms with Gasteiger partial charge in [-0.1, -0.05) is 23.7 Å². The molecule has 4 nitrogen and oxygen atoms in total. The van der Waals surface area contributed by atoms with Gasteiger partial charge in [0.1, 0.15) is 5.69 Å². The fourth-order valence-electron chi connectivity index (χ4n) is 1.95. The number of hydrogen-bond acceptors (Lipinski definition) is 3. The highest BCUT2D eigenvalue weighted by Gasteiger charge is 2.14. The molecule has 104 valence electrons. The third kappa shape index (κ3) is 2.75. The minimum atomic E-state index is 0.463. The van der Waals surface area contributed by atoms with E-state index in [2.05, 4.69) is 26.0 Å². The van der Waals surface area contributed by atoms with E-state index in [1.165, 1.54) is 0 Å². The Hall–Kier alpha value is -1.98. The summed E-state index contributed by atoms with van der Waals surface area (Å²) < 4.78 is 2.45. The van der Waals surface area contributed by atoms with Gasteiger partial charge < -0.3 is 0 Å². The maximum Gasteiger partial charge on any atom is 0.153 e. The van der Waals surface area contributed by atoms with Gasteiger partial charge in [-0.2, -0.15) is 5.10 Å². The van der Waals surface area contributed by atoms with E-state index < -0.39 is 0 Å². The zero-order valence-corrected chi connectivity index (χ0v) is 13.0. The minimum Gasteiger partial charge on any atom is -0.298 e. The lowest BCUT2D eigenvalue weighted by molar-refractivity contribution is 0.112. The van der Waals surface area contributed by atoms with E-state index in [0.717, 1.165) is 10.8 Å². The molecule has 6 heteroatoms. The number of pyridine rings is 1. The molecule has 0 amide bonds. The summed E-state index contributed by atoms with van der Waals surface area (Å²) in [5, 5.41) is 5.00. The Bertz CT molecular complexity index is 799. The highest BCUT2D eigenvalue weighted by atomic mass is 79.9. The van der Waals surface area contributed by atoms with E-state index in [9.17, 15) is 4.79 Å². The average Bonchev–Trinajstić information content (AvgIpc) is 2.92. The molecule has 21 heavy (non-hydrogen) atoms. The Labute approximate surface area is 134 Å². The second-order valence-electron chi connectivity index (χ2n) is 4.31. The van der Waals surface area contributed by atoms with Crippen LogP contribution in [-0.4, -0.2) is 21.1 Å². The van der Waals surface area contributed by atoms with Gasteiger partial charge in [0.05, 0.1) is 22.0 Å². The van der Waals surface area contributed by atoms with Crippen LogP contribution in [0.15, 0.2) is 53.3 Å². The molecule has 0 spiro atoms. The first-order valence-corrected chi connectivity index (χ1v) is 7.28. The predicted molar refractivity (Wildman–Crippen MR) is 84.9 cm³/mol. The summed E-state index contributed by atoms with van der Waals surface area (Å²) in [6, 6.07) is 11.0. The van der Waals surface area contributed by atoms with Gasteiger partial charge in [0.2, 0.25) is 0 Å². The van der Waals surface area contributed by atoms with Crippen molar-refractivity contribution in [2.24, 2.45) is 0 Å². The van der Waals surface area contributed by atoms with Crippen molar-refractivity contribution in [1.82, 2.24) is 14.8 Å². The van der Waals surface area contributed by atoms with Crippen LogP contribution in [0.5, 0.6) is 0 Å². The average molecular weight is 363 g/mol. The van der Waals surface area contributed by atoms with Crippen molar-refractivity contribution in [2.45, 2.75) is 0 Å². The highest BCUT2D eigenvalue weighted by molar-refractivity contribution is 9.10. The molecule has 0 unspecified atom stereocenters. The van der Waals surface area contributed by atoms with Crippen LogP contribution in [-0.2, 0) is 0 Å². The molecular weight excluding hydrogens is 354 g/mol. The molecule has 2 aromatic heterocycles. The summed E-state index contributed by atoms with van der Waals surface area (Å²) in [7, 11) is 0. The van der Waals surface area contributed by atoms with Gasteiger partial charge in [0, 0.05) is 16.9 Å². The molecule has 0 aliphatic rings. The topological polar surface area (TPSA) is 47.8 Å². The summed E-state index contributed by atoms with van der Waals surface area (Å²) in [5.41, 5.74) is 2.33. The fourth-order valence-corrected chi connectivity index (χ4v) is 2.41. The van der Waals surface area contributed by atoms with Crippen LogP contribution in [0.25, 0.3) is 17.1 Å². The number of nitrogens with zero attached hydrogens (tertiary/aromatic N) is 3. The van der Waals surface area contributed by atoms with Crippen LogP contribution < -0.4 is 0 Å². The zero-order valence-electron chi connectivity index (χ0n) is 10.7. The van der Waals surface area contributed by atoms with E-state index in [1.807, 2.05) is 24.3 Å². The quantitative estimate of drug-likeness (QED) is 0.657. The first-order valence-electron chi connectivity index (χ1n) is 6.10. The SMILES string of the molecule is O=Cc1cn(-c2ccccc2Cl)nc1-c1ccc(Br)cn1. The molecule has 0 N–H and O–H groups in total. The molecule has 2 heterocycles. The molecule has 3 rings (SSSR count). The van der Waals surface area contributed by atoms with Crippen molar-refractivity contribution in [3.63, 3.8) is 0 Å². The monoisotopic (exact) mass is 361 g/mol. The minimum absolute atomic E-state index is 0.463. The first-order chi connectivity index (χ1) is 10.2. The number of para-hydroxylation sites is 1. The maximum atomic E-state index is 11.3. The molecule has 0 saturated heterocycles. The largest absolute Gasteiger partial charge is 0.298 e. The van der Waals surface area contributed by atoms with Crippen LogP contribution in [0, 0.1) is 0 Å². The Morgan fingerprint density at radius 2 is 2.00 bits per heavy atom. The molecule has 1 aromatic carbocycles.